The van der Waals surface area contributed by atoms with Gasteiger partial charge in [-0.3, -0.25) is 4.79 Å². The number of hydrogen-bond donors (Lipinski definition) is 2. The molecule has 0 bridgehead atoms. The second kappa shape index (κ2) is 11.2. The Morgan fingerprint density at radius 2 is 2.00 bits per heavy atom. The lowest BCUT2D eigenvalue weighted by atomic mass is 10.2. The summed E-state index contributed by atoms with van der Waals surface area (Å²) in [4.78, 5) is 20.4. The van der Waals surface area contributed by atoms with Gasteiger partial charge < -0.3 is 25.2 Å². The summed E-state index contributed by atoms with van der Waals surface area (Å²) in [6.45, 7) is 5.42. The number of nitrogens with zero attached hydrogens (tertiary/aromatic N) is 3. The van der Waals surface area contributed by atoms with Gasteiger partial charge in [0.15, 0.2) is 12.6 Å². The van der Waals surface area contributed by atoms with Crippen LogP contribution in [0.4, 0.5) is 5.69 Å². The lowest BCUT2D eigenvalue weighted by Gasteiger charge is -2.20. The molecule has 1 heterocycles. The van der Waals surface area contributed by atoms with Gasteiger partial charge in [-0.25, -0.2) is 4.99 Å². The average Bonchev–Trinajstić information content (AvgIpc) is 3.25. The largest absolute Gasteiger partial charge is 0.484 e. The first-order valence-electron chi connectivity index (χ1n) is 10.8. The maximum absolute atomic E-state index is 11.7. The third kappa shape index (κ3) is 6.91. The van der Waals surface area contributed by atoms with Crippen molar-refractivity contribution < 1.29 is 9.53 Å². The number of carbonyl (C=O) groups excluding carboxylic acids is 1. The summed E-state index contributed by atoms with van der Waals surface area (Å²) >= 11 is 0. The van der Waals surface area contributed by atoms with E-state index in [4.69, 9.17) is 9.73 Å². The summed E-state index contributed by atoms with van der Waals surface area (Å²) in [5.74, 6) is 1.43. The monoisotopic (exact) mass is 423 g/mol. The molecule has 0 spiro atoms. The normalized spacial score (nSPS) is 16.2. The Bertz CT molecular complexity index is 869. The summed E-state index contributed by atoms with van der Waals surface area (Å²) in [5.41, 5.74) is 2.29. The third-order valence-electron chi connectivity index (χ3n) is 5.17. The number of nitrogens with one attached hydrogen (secondary N) is 2. The zero-order valence-corrected chi connectivity index (χ0v) is 18.7. The van der Waals surface area contributed by atoms with Gasteiger partial charge >= 0.3 is 0 Å². The van der Waals surface area contributed by atoms with Gasteiger partial charge in [0, 0.05) is 45.5 Å². The van der Waals surface area contributed by atoms with E-state index in [0.717, 1.165) is 37.6 Å². The lowest BCUT2D eigenvalue weighted by Crippen LogP contribution is -2.44. The molecule has 0 radical (unpaired) electrons. The van der Waals surface area contributed by atoms with E-state index in [1.807, 2.05) is 30.3 Å². The zero-order valence-electron chi connectivity index (χ0n) is 18.7. The first-order valence-corrected chi connectivity index (χ1v) is 10.8. The van der Waals surface area contributed by atoms with Crippen LogP contribution in [0.5, 0.6) is 5.75 Å². The molecule has 0 saturated carbocycles. The van der Waals surface area contributed by atoms with Crippen LogP contribution in [0.15, 0.2) is 59.6 Å². The number of amides is 1. The predicted molar refractivity (Wildman–Crippen MR) is 126 cm³/mol. The predicted octanol–water partition coefficient (Wildman–Crippen LogP) is 2.49. The molecule has 1 aliphatic rings. The molecule has 166 valence electrons. The summed E-state index contributed by atoms with van der Waals surface area (Å²) in [6.07, 6.45) is 1.07. The van der Waals surface area contributed by atoms with Crippen molar-refractivity contribution in [2.75, 3.05) is 45.2 Å². The van der Waals surface area contributed by atoms with E-state index >= 15 is 0 Å². The number of carbonyl (C=O) groups is 1. The van der Waals surface area contributed by atoms with E-state index in [1.165, 1.54) is 10.6 Å². The van der Waals surface area contributed by atoms with Gasteiger partial charge in [-0.1, -0.05) is 30.3 Å². The number of anilines is 1. The van der Waals surface area contributed by atoms with Crippen LogP contribution in [0.3, 0.4) is 0 Å². The topological polar surface area (TPSA) is 69.2 Å². The van der Waals surface area contributed by atoms with Gasteiger partial charge in [0.1, 0.15) is 5.75 Å². The minimum atomic E-state index is -0.0665. The van der Waals surface area contributed by atoms with Crippen molar-refractivity contribution in [1.82, 2.24) is 15.5 Å². The quantitative estimate of drug-likeness (QED) is 0.504. The summed E-state index contributed by atoms with van der Waals surface area (Å²) < 4.78 is 5.61. The van der Waals surface area contributed by atoms with Gasteiger partial charge in [-0.15, -0.1) is 0 Å². The molecule has 1 saturated heterocycles. The maximum Gasteiger partial charge on any atom is 0.259 e. The molecule has 1 amide bonds. The Balaban J connectivity index is 1.56. The maximum atomic E-state index is 11.7. The fourth-order valence-corrected chi connectivity index (χ4v) is 3.44. The zero-order chi connectivity index (χ0) is 22.1. The second-order valence-electron chi connectivity index (χ2n) is 7.83. The van der Waals surface area contributed by atoms with Crippen LogP contribution in [-0.2, 0) is 11.3 Å². The number of ether oxygens (including phenoxy) is 1. The Morgan fingerprint density at radius 3 is 2.74 bits per heavy atom. The molecular formula is C24H33N5O2. The first kappa shape index (κ1) is 22.5. The van der Waals surface area contributed by atoms with Crippen LogP contribution < -0.4 is 20.3 Å². The molecule has 0 aliphatic carbocycles. The minimum absolute atomic E-state index is 0.0313. The van der Waals surface area contributed by atoms with E-state index < -0.39 is 0 Å². The fraction of sp³-hybridized carbons (Fsp3) is 0.417. The molecule has 1 unspecified atom stereocenters. The Kier molecular flexibility index (Phi) is 8.15. The van der Waals surface area contributed by atoms with Gasteiger partial charge in [0.2, 0.25) is 0 Å². The van der Waals surface area contributed by atoms with Crippen LogP contribution in [0.25, 0.3) is 0 Å². The summed E-state index contributed by atoms with van der Waals surface area (Å²) in [7, 11) is 3.44. The van der Waals surface area contributed by atoms with Crippen molar-refractivity contribution in [2.24, 2.45) is 4.99 Å². The third-order valence-corrected chi connectivity index (χ3v) is 5.17. The van der Waals surface area contributed by atoms with Crippen molar-refractivity contribution in [3.8, 4) is 5.75 Å². The molecule has 1 fully saturated rings. The number of para-hydroxylation sites is 1. The lowest BCUT2D eigenvalue weighted by molar-refractivity contribution is -0.130. The summed E-state index contributed by atoms with van der Waals surface area (Å²) in [5, 5.41) is 6.91. The van der Waals surface area contributed by atoms with Crippen molar-refractivity contribution in [3.05, 3.63) is 60.2 Å². The molecule has 3 rings (SSSR count). The van der Waals surface area contributed by atoms with E-state index in [9.17, 15) is 4.79 Å². The smallest absolute Gasteiger partial charge is 0.259 e. The number of aliphatic imine (C=N–C) groups is 1. The van der Waals surface area contributed by atoms with E-state index in [0.29, 0.717) is 18.3 Å². The van der Waals surface area contributed by atoms with E-state index in [1.54, 1.807) is 14.1 Å². The molecule has 31 heavy (non-hydrogen) atoms. The van der Waals surface area contributed by atoms with Crippen LogP contribution >= 0.6 is 0 Å². The van der Waals surface area contributed by atoms with Crippen molar-refractivity contribution in [3.63, 3.8) is 0 Å². The highest BCUT2D eigenvalue weighted by Crippen LogP contribution is 2.19. The highest BCUT2D eigenvalue weighted by atomic mass is 16.5. The van der Waals surface area contributed by atoms with Gasteiger partial charge in [0.25, 0.3) is 5.91 Å². The molecule has 2 aromatic rings. The van der Waals surface area contributed by atoms with Crippen LogP contribution in [-0.4, -0.2) is 63.1 Å². The first-order chi connectivity index (χ1) is 15.0. The van der Waals surface area contributed by atoms with Crippen molar-refractivity contribution in [1.29, 1.82) is 0 Å². The molecule has 2 aromatic carbocycles. The molecule has 1 aliphatic heterocycles. The Labute approximate surface area is 185 Å². The minimum Gasteiger partial charge on any atom is -0.484 e. The average molecular weight is 424 g/mol. The van der Waals surface area contributed by atoms with Gasteiger partial charge in [0.05, 0.1) is 6.54 Å². The van der Waals surface area contributed by atoms with Gasteiger partial charge in [-0.05, 0) is 43.2 Å². The molecule has 7 nitrogen and oxygen atoms in total. The number of benzene rings is 2. The van der Waals surface area contributed by atoms with Crippen LogP contribution in [0, 0.1) is 0 Å². The highest BCUT2D eigenvalue weighted by molar-refractivity contribution is 5.80. The highest BCUT2D eigenvalue weighted by Gasteiger charge is 2.23. The Hall–Kier alpha value is -3.22. The molecular weight excluding hydrogens is 390 g/mol. The van der Waals surface area contributed by atoms with Crippen LogP contribution in [0.2, 0.25) is 0 Å². The molecule has 2 N–H and O–H groups in total. The molecule has 1 atom stereocenters. The second-order valence-corrected chi connectivity index (χ2v) is 7.83. The Morgan fingerprint density at radius 1 is 1.19 bits per heavy atom. The molecule has 7 heteroatoms. The molecule has 0 aromatic heterocycles. The van der Waals surface area contributed by atoms with Crippen molar-refractivity contribution >= 4 is 17.6 Å². The van der Waals surface area contributed by atoms with Gasteiger partial charge in [-0.2, -0.15) is 0 Å². The van der Waals surface area contributed by atoms with E-state index in [2.05, 4.69) is 46.7 Å². The number of hydrogen-bond acceptors (Lipinski definition) is 4. The number of guanidine groups is 1. The number of rotatable bonds is 8. The van der Waals surface area contributed by atoms with E-state index in [-0.39, 0.29) is 12.5 Å². The van der Waals surface area contributed by atoms with Crippen molar-refractivity contribution in [2.45, 2.75) is 25.9 Å². The SMILES string of the molecule is CCNC(=NCc1cccc(OCC(=O)N(C)C)c1)NC1CCN(c2ccccc2)C1. The fourth-order valence-electron chi connectivity index (χ4n) is 3.44. The summed E-state index contributed by atoms with van der Waals surface area (Å²) in [6, 6.07) is 18.6. The number of likely N-dealkylation sites (N-methyl/N-ethyl adjacent to an activating group) is 1. The van der Waals surface area contributed by atoms with Crippen LogP contribution in [0.1, 0.15) is 18.9 Å². The standard InChI is InChI=1S/C24H33N5O2/c1-4-25-24(27-20-13-14-29(17-20)21-10-6-5-7-11-21)26-16-19-9-8-12-22(15-19)31-18-23(30)28(2)3/h5-12,15,20H,4,13-14,16-18H2,1-3H3,(H2,25,26,27).